The number of hydrogen-bond acceptors (Lipinski definition) is 1. The minimum Gasteiger partial charge on any atom is -0.225 e. The Kier molecular flexibility index (Phi) is 3.72. The Morgan fingerprint density at radius 3 is 2.43 bits per heavy atom. The zero-order valence-corrected chi connectivity index (χ0v) is 12.3. The van der Waals surface area contributed by atoms with Gasteiger partial charge in [-0.15, -0.1) is 0 Å². The molecule has 2 heteroatoms. The van der Waals surface area contributed by atoms with E-state index in [2.05, 4.69) is 19.1 Å². The summed E-state index contributed by atoms with van der Waals surface area (Å²) in [7, 11) is 0. The Balaban J connectivity index is 1.98. The molecule has 1 amide bonds. The number of amides is 1. The summed E-state index contributed by atoms with van der Waals surface area (Å²) in [5.41, 5.74) is 0.779. The molecule has 0 saturated carbocycles. The van der Waals surface area contributed by atoms with Crippen molar-refractivity contribution in [3.8, 4) is 0 Å². The molecule has 1 aliphatic rings. The van der Waals surface area contributed by atoms with Crippen molar-refractivity contribution in [3.05, 3.63) is 72.6 Å². The van der Waals surface area contributed by atoms with Gasteiger partial charge in [-0.1, -0.05) is 43.7 Å². The fourth-order valence-electron chi connectivity index (χ4n) is 2.82. The molecule has 0 radical (unpaired) electrons. The summed E-state index contributed by atoms with van der Waals surface area (Å²) in [6.45, 7) is 2.98. The molecule has 2 nitrogen and oxygen atoms in total. The lowest BCUT2D eigenvalue weighted by atomic mass is 10.1. The van der Waals surface area contributed by atoms with Crippen LogP contribution in [-0.2, 0) is 0 Å². The largest absolute Gasteiger partial charge is 0.355 e. The first kappa shape index (κ1) is 13.8. The Bertz CT molecular complexity index is 715. The number of carbonyl (C=O) groups excluding carboxylic acids is 1. The van der Waals surface area contributed by atoms with Crippen LogP contribution in [0.15, 0.2) is 67.0 Å². The average Bonchev–Trinajstić information content (AvgIpc) is 3.02. The third kappa shape index (κ3) is 2.55. The fraction of sp³-hybridized carbons (Fsp3) is 0.211. The van der Waals surface area contributed by atoms with E-state index in [0.717, 1.165) is 30.3 Å². The maximum absolute atomic E-state index is 13.0. The summed E-state index contributed by atoms with van der Waals surface area (Å²) in [5.74, 6) is 0.152. The van der Waals surface area contributed by atoms with Gasteiger partial charge in [0.15, 0.2) is 0 Å². The monoisotopic (exact) mass is 278 g/mol. The summed E-state index contributed by atoms with van der Waals surface area (Å²) in [6.07, 6.45) is 10.0. The van der Waals surface area contributed by atoms with Gasteiger partial charge in [0.1, 0.15) is 12.4 Å². The topological polar surface area (TPSA) is 17.1 Å². The van der Waals surface area contributed by atoms with Gasteiger partial charge < -0.3 is 0 Å². The van der Waals surface area contributed by atoms with Crippen LogP contribution in [0.2, 0.25) is 0 Å². The van der Waals surface area contributed by atoms with Crippen molar-refractivity contribution in [1.82, 2.24) is 0 Å². The lowest BCUT2D eigenvalue weighted by Crippen LogP contribution is -2.42. The molecule has 106 valence electrons. The Hall–Kier alpha value is -2.19. The SMILES string of the molecule is CCCC[N+]1(C(=O)c2ccc3ccccc3c2)C=CC=C1. The van der Waals surface area contributed by atoms with Crippen LogP contribution in [-0.4, -0.2) is 16.9 Å². The number of rotatable bonds is 4. The van der Waals surface area contributed by atoms with E-state index in [1.165, 1.54) is 5.39 Å². The molecule has 0 aliphatic carbocycles. The van der Waals surface area contributed by atoms with Crippen LogP contribution in [0, 0.1) is 0 Å². The molecule has 0 spiro atoms. The van der Waals surface area contributed by atoms with Gasteiger partial charge in [-0.05, 0) is 41.5 Å². The quantitative estimate of drug-likeness (QED) is 0.745. The Morgan fingerprint density at radius 2 is 1.71 bits per heavy atom. The number of quaternary nitrogens is 1. The van der Waals surface area contributed by atoms with Crippen LogP contribution in [0.3, 0.4) is 0 Å². The summed E-state index contributed by atoms with van der Waals surface area (Å²) in [5, 5.41) is 2.28. The molecule has 1 heterocycles. The molecular formula is C19H20NO+. The third-order valence-corrected chi connectivity index (χ3v) is 4.07. The van der Waals surface area contributed by atoms with E-state index in [1.54, 1.807) is 0 Å². The Morgan fingerprint density at radius 1 is 1.00 bits per heavy atom. The summed E-state index contributed by atoms with van der Waals surface area (Å²) < 4.78 is 0.312. The smallest absolute Gasteiger partial charge is 0.225 e. The van der Waals surface area contributed by atoms with Crippen LogP contribution in [0.4, 0.5) is 0 Å². The van der Waals surface area contributed by atoms with Crippen LogP contribution < -0.4 is 0 Å². The van der Waals surface area contributed by atoms with Crippen molar-refractivity contribution in [2.24, 2.45) is 0 Å². The summed E-state index contributed by atoms with van der Waals surface area (Å²) in [4.78, 5) is 13.0. The van der Waals surface area contributed by atoms with E-state index in [9.17, 15) is 4.79 Å². The Labute approximate surface area is 125 Å². The van der Waals surface area contributed by atoms with Crippen LogP contribution >= 0.6 is 0 Å². The van der Waals surface area contributed by atoms with E-state index >= 15 is 0 Å². The van der Waals surface area contributed by atoms with Gasteiger partial charge in [-0.25, -0.2) is 9.28 Å². The minimum atomic E-state index is 0.152. The maximum atomic E-state index is 13.0. The van der Waals surface area contributed by atoms with Gasteiger partial charge in [0, 0.05) is 0 Å². The zero-order chi connectivity index (χ0) is 14.7. The number of allylic oxidation sites excluding steroid dienone is 2. The molecule has 2 aromatic rings. The van der Waals surface area contributed by atoms with Crippen molar-refractivity contribution in [2.75, 3.05) is 6.54 Å². The number of fused-ring (bicyclic) bond motifs is 1. The molecule has 0 fully saturated rings. The van der Waals surface area contributed by atoms with Gasteiger partial charge in [-0.2, -0.15) is 0 Å². The molecule has 1 aliphatic heterocycles. The van der Waals surface area contributed by atoms with Crippen LogP contribution in [0.1, 0.15) is 30.1 Å². The highest BCUT2D eigenvalue weighted by Gasteiger charge is 2.34. The first-order chi connectivity index (χ1) is 10.2. The number of unbranched alkanes of at least 4 members (excludes halogenated alkanes) is 1. The normalized spacial score (nSPS) is 15.7. The third-order valence-electron chi connectivity index (χ3n) is 4.07. The van der Waals surface area contributed by atoms with Gasteiger partial charge in [0.05, 0.1) is 12.1 Å². The average molecular weight is 278 g/mol. The van der Waals surface area contributed by atoms with Gasteiger partial charge >= 0.3 is 5.91 Å². The highest BCUT2D eigenvalue weighted by Crippen LogP contribution is 2.24. The predicted octanol–water partition coefficient (Wildman–Crippen LogP) is 4.64. The second-order valence-corrected chi connectivity index (χ2v) is 5.56. The molecular weight excluding hydrogens is 258 g/mol. The molecule has 0 saturated heterocycles. The van der Waals surface area contributed by atoms with Crippen LogP contribution in [0.5, 0.6) is 0 Å². The molecule has 0 N–H and O–H groups in total. The minimum absolute atomic E-state index is 0.152. The fourth-order valence-corrected chi connectivity index (χ4v) is 2.82. The second-order valence-electron chi connectivity index (χ2n) is 5.56. The van der Waals surface area contributed by atoms with Gasteiger partial charge in [0.2, 0.25) is 0 Å². The van der Waals surface area contributed by atoms with Crippen molar-refractivity contribution in [2.45, 2.75) is 19.8 Å². The standard InChI is InChI=1S/C19H20NO/c1-2-3-12-20(13-6-7-14-20)19(21)18-11-10-16-8-4-5-9-17(16)15-18/h4-11,13-15H,2-3,12H2,1H3/q+1. The molecule has 0 bridgehead atoms. The number of hydrogen-bond donors (Lipinski definition) is 0. The van der Waals surface area contributed by atoms with E-state index in [4.69, 9.17) is 0 Å². The predicted molar refractivity (Wildman–Crippen MR) is 86.6 cm³/mol. The van der Waals surface area contributed by atoms with Crippen molar-refractivity contribution < 1.29 is 9.28 Å². The van der Waals surface area contributed by atoms with Crippen molar-refractivity contribution >= 4 is 16.7 Å². The van der Waals surface area contributed by atoms with Crippen molar-refractivity contribution in [3.63, 3.8) is 0 Å². The highest BCUT2D eigenvalue weighted by atomic mass is 16.2. The first-order valence-corrected chi connectivity index (χ1v) is 7.53. The van der Waals surface area contributed by atoms with E-state index in [-0.39, 0.29) is 5.91 Å². The summed E-state index contributed by atoms with van der Waals surface area (Å²) in [6, 6.07) is 14.1. The highest BCUT2D eigenvalue weighted by molar-refractivity contribution is 5.95. The van der Waals surface area contributed by atoms with E-state index < -0.39 is 0 Å². The second kappa shape index (κ2) is 5.66. The maximum Gasteiger partial charge on any atom is 0.355 e. The van der Waals surface area contributed by atoms with Crippen LogP contribution in [0.25, 0.3) is 10.8 Å². The zero-order valence-electron chi connectivity index (χ0n) is 12.3. The first-order valence-electron chi connectivity index (χ1n) is 7.53. The van der Waals surface area contributed by atoms with Gasteiger partial charge in [-0.3, -0.25) is 0 Å². The van der Waals surface area contributed by atoms with Crippen molar-refractivity contribution in [1.29, 1.82) is 0 Å². The lowest BCUT2D eigenvalue weighted by Gasteiger charge is -2.26. The molecule has 0 unspecified atom stereocenters. The molecule has 3 rings (SSSR count). The summed E-state index contributed by atoms with van der Waals surface area (Å²) >= 11 is 0. The van der Waals surface area contributed by atoms with E-state index in [1.807, 2.05) is 54.9 Å². The molecule has 2 aromatic carbocycles. The van der Waals surface area contributed by atoms with Gasteiger partial charge in [0.25, 0.3) is 0 Å². The number of carbonyl (C=O) groups is 1. The number of nitrogens with zero attached hydrogens (tertiary/aromatic N) is 1. The molecule has 21 heavy (non-hydrogen) atoms. The molecule has 0 aromatic heterocycles. The lowest BCUT2D eigenvalue weighted by molar-refractivity contribution is -0.739. The number of benzene rings is 2. The van der Waals surface area contributed by atoms with E-state index in [0.29, 0.717) is 4.48 Å². The molecule has 0 atom stereocenters.